The first-order valence-corrected chi connectivity index (χ1v) is 8.35. The molecule has 1 saturated carbocycles. The molecule has 6 heteroatoms. The first kappa shape index (κ1) is 20.5. The van der Waals surface area contributed by atoms with Gasteiger partial charge in [-0.3, -0.25) is 4.99 Å². The van der Waals surface area contributed by atoms with Crippen molar-refractivity contribution in [2.24, 2.45) is 4.99 Å². The highest BCUT2D eigenvalue weighted by Gasteiger charge is 2.44. The van der Waals surface area contributed by atoms with Crippen molar-refractivity contribution in [2.45, 2.75) is 31.6 Å². The zero-order chi connectivity index (χ0) is 15.8. The molecule has 4 nitrogen and oxygen atoms in total. The van der Waals surface area contributed by atoms with Crippen molar-refractivity contribution in [2.75, 3.05) is 33.4 Å². The van der Waals surface area contributed by atoms with Crippen LogP contribution in [0.4, 0.5) is 0 Å². The predicted molar refractivity (Wildman–Crippen MR) is 108 cm³/mol. The minimum atomic E-state index is 0. The molecular formula is C17H27ClIN3O. The lowest BCUT2D eigenvalue weighted by atomic mass is 9.96. The number of aliphatic imine (C=N–C) groups is 1. The Labute approximate surface area is 161 Å². The molecule has 0 atom stereocenters. The van der Waals surface area contributed by atoms with Gasteiger partial charge in [0.05, 0.1) is 6.54 Å². The van der Waals surface area contributed by atoms with Gasteiger partial charge in [0.25, 0.3) is 0 Å². The molecule has 1 fully saturated rings. The maximum absolute atomic E-state index is 5.98. The number of benzene rings is 1. The Bertz CT molecular complexity index is 489. The van der Waals surface area contributed by atoms with Gasteiger partial charge in [-0.25, -0.2) is 0 Å². The number of guanidine groups is 1. The van der Waals surface area contributed by atoms with Gasteiger partial charge in [0.1, 0.15) is 0 Å². The summed E-state index contributed by atoms with van der Waals surface area (Å²) in [6.45, 7) is 5.39. The fourth-order valence-electron chi connectivity index (χ4n) is 2.49. The van der Waals surface area contributed by atoms with E-state index in [1.807, 2.05) is 12.1 Å². The fourth-order valence-corrected chi connectivity index (χ4v) is 2.61. The summed E-state index contributed by atoms with van der Waals surface area (Å²) >= 11 is 5.98. The summed E-state index contributed by atoms with van der Waals surface area (Å²) in [6.07, 6.45) is 3.37. The number of halogens is 2. The van der Waals surface area contributed by atoms with Crippen LogP contribution in [0.25, 0.3) is 0 Å². The van der Waals surface area contributed by atoms with E-state index in [9.17, 15) is 0 Å². The lowest BCUT2D eigenvalue weighted by molar-refractivity contribution is 0.195. The Kier molecular flexibility index (Phi) is 9.24. The molecule has 0 amide bonds. The second-order valence-corrected chi connectivity index (χ2v) is 6.19. The second-order valence-electron chi connectivity index (χ2n) is 5.76. The molecule has 23 heavy (non-hydrogen) atoms. The lowest BCUT2D eigenvalue weighted by Crippen LogP contribution is -2.38. The van der Waals surface area contributed by atoms with Gasteiger partial charge in [0, 0.05) is 37.2 Å². The van der Waals surface area contributed by atoms with Crippen LogP contribution in [0.3, 0.4) is 0 Å². The van der Waals surface area contributed by atoms with Crippen molar-refractivity contribution < 1.29 is 4.74 Å². The van der Waals surface area contributed by atoms with E-state index in [1.54, 1.807) is 7.11 Å². The first-order valence-electron chi connectivity index (χ1n) is 7.97. The van der Waals surface area contributed by atoms with Crippen molar-refractivity contribution >= 4 is 41.5 Å². The largest absolute Gasteiger partial charge is 0.385 e. The lowest BCUT2D eigenvalue weighted by Gasteiger charge is -2.16. The highest BCUT2D eigenvalue weighted by Crippen LogP contribution is 2.48. The van der Waals surface area contributed by atoms with E-state index in [0.717, 1.165) is 43.6 Å². The van der Waals surface area contributed by atoms with E-state index in [4.69, 9.17) is 21.3 Å². The van der Waals surface area contributed by atoms with Crippen LogP contribution in [0.1, 0.15) is 31.7 Å². The number of rotatable bonds is 8. The molecule has 0 heterocycles. The number of nitrogens with zero attached hydrogens (tertiary/aromatic N) is 1. The van der Waals surface area contributed by atoms with Crippen molar-refractivity contribution in [1.29, 1.82) is 0 Å². The summed E-state index contributed by atoms with van der Waals surface area (Å²) in [5.41, 5.74) is 1.55. The number of methoxy groups -OCH3 is 1. The fraction of sp³-hybridized carbons (Fsp3) is 0.588. The summed E-state index contributed by atoms with van der Waals surface area (Å²) in [5.74, 6) is 0.888. The van der Waals surface area contributed by atoms with Crippen molar-refractivity contribution in [3.8, 4) is 0 Å². The quantitative estimate of drug-likeness (QED) is 0.275. The zero-order valence-corrected chi connectivity index (χ0v) is 17.0. The summed E-state index contributed by atoms with van der Waals surface area (Å²) in [4.78, 5) is 4.76. The normalized spacial score (nSPS) is 15.7. The molecule has 130 valence electrons. The maximum Gasteiger partial charge on any atom is 0.191 e. The third kappa shape index (κ3) is 6.47. The van der Waals surface area contributed by atoms with Crippen molar-refractivity contribution in [3.63, 3.8) is 0 Å². The summed E-state index contributed by atoms with van der Waals surface area (Å²) in [7, 11) is 1.72. The average molecular weight is 452 g/mol. The molecule has 1 aromatic carbocycles. The van der Waals surface area contributed by atoms with E-state index < -0.39 is 0 Å². The summed E-state index contributed by atoms with van der Waals surface area (Å²) in [5, 5.41) is 7.44. The van der Waals surface area contributed by atoms with Crippen LogP contribution in [0.15, 0.2) is 29.3 Å². The van der Waals surface area contributed by atoms with Crippen LogP contribution in [0.5, 0.6) is 0 Å². The topological polar surface area (TPSA) is 45.7 Å². The smallest absolute Gasteiger partial charge is 0.191 e. The molecular weight excluding hydrogens is 425 g/mol. The van der Waals surface area contributed by atoms with Gasteiger partial charge < -0.3 is 15.4 Å². The monoisotopic (exact) mass is 451 g/mol. The number of nitrogens with one attached hydrogen (secondary N) is 2. The van der Waals surface area contributed by atoms with Gasteiger partial charge in [-0.2, -0.15) is 0 Å². The molecule has 0 radical (unpaired) electrons. The Morgan fingerprint density at radius 2 is 1.96 bits per heavy atom. The van der Waals surface area contributed by atoms with Crippen molar-refractivity contribution in [1.82, 2.24) is 10.6 Å². The molecule has 0 unspecified atom stereocenters. The second kappa shape index (κ2) is 10.4. The summed E-state index contributed by atoms with van der Waals surface area (Å²) in [6, 6.07) is 8.19. The van der Waals surface area contributed by atoms with Crippen LogP contribution in [0, 0.1) is 0 Å². The van der Waals surface area contributed by atoms with E-state index in [1.165, 1.54) is 18.4 Å². The molecule has 0 spiro atoms. The predicted octanol–water partition coefficient (Wildman–Crippen LogP) is 3.58. The molecule has 0 aromatic heterocycles. The minimum Gasteiger partial charge on any atom is -0.385 e. The van der Waals surface area contributed by atoms with Crippen molar-refractivity contribution in [3.05, 3.63) is 34.9 Å². The third-order valence-electron chi connectivity index (χ3n) is 4.01. The SMILES string of the molecule is CCNC(=NCC1(c2ccc(Cl)cc2)CC1)NCCCOC.I. The van der Waals surface area contributed by atoms with Crippen LogP contribution in [-0.2, 0) is 10.2 Å². The highest BCUT2D eigenvalue weighted by molar-refractivity contribution is 14.0. The van der Waals surface area contributed by atoms with Crippen LogP contribution in [-0.4, -0.2) is 39.3 Å². The Morgan fingerprint density at radius 3 is 2.52 bits per heavy atom. The molecule has 1 aromatic rings. The Balaban J connectivity index is 0.00000264. The van der Waals surface area contributed by atoms with E-state index in [0.29, 0.717) is 0 Å². The Hall–Kier alpha value is -0.530. The van der Waals surface area contributed by atoms with Gasteiger partial charge in [-0.05, 0) is 43.9 Å². The van der Waals surface area contributed by atoms with E-state index in [-0.39, 0.29) is 29.4 Å². The highest BCUT2D eigenvalue weighted by atomic mass is 127. The molecule has 0 aliphatic heterocycles. The van der Waals surface area contributed by atoms with Crippen LogP contribution < -0.4 is 10.6 Å². The average Bonchev–Trinajstić information content (AvgIpc) is 3.31. The van der Waals surface area contributed by atoms with E-state index in [2.05, 4.69) is 29.7 Å². The number of hydrogen-bond acceptors (Lipinski definition) is 2. The maximum atomic E-state index is 5.98. The summed E-state index contributed by atoms with van der Waals surface area (Å²) < 4.78 is 5.06. The molecule has 2 N–H and O–H groups in total. The molecule has 1 aliphatic carbocycles. The van der Waals surface area contributed by atoms with Gasteiger partial charge in [-0.1, -0.05) is 23.7 Å². The first-order chi connectivity index (χ1) is 10.7. The zero-order valence-electron chi connectivity index (χ0n) is 13.9. The number of hydrogen-bond donors (Lipinski definition) is 2. The molecule has 0 saturated heterocycles. The third-order valence-corrected chi connectivity index (χ3v) is 4.26. The molecule has 1 aliphatic rings. The molecule has 0 bridgehead atoms. The number of ether oxygens (including phenoxy) is 1. The van der Waals surface area contributed by atoms with Crippen LogP contribution >= 0.6 is 35.6 Å². The molecule has 2 rings (SSSR count). The standard InChI is InChI=1S/C17H26ClN3O.HI/c1-3-19-16(20-11-4-12-22-2)21-13-17(9-10-17)14-5-7-15(18)8-6-14;/h5-8H,3-4,9-13H2,1-2H3,(H2,19,20,21);1H. The van der Waals surface area contributed by atoms with E-state index >= 15 is 0 Å². The van der Waals surface area contributed by atoms with Crippen LogP contribution in [0.2, 0.25) is 5.02 Å². The van der Waals surface area contributed by atoms with Gasteiger partial charge >= 0.3 is 0 Å². The minimum absolute atomic E-state index is 0. The van der Waals surface area contributed by atoms with Gasteiger partial charge in [0.15, 0.2) is 5.96 Å². The van der Waals surface area contributed by atoms with Gasteiger partial charge in [0.2, 0.25) is 0 Å². The Morgan fingerprint density at radius 1 is 1.26 bits per heavy atom. The van der Waals surface area contributed by atoms with Gasteiger partial charge in [-0.15, -0.1) is 24.0 Å².